The molecule has 1 fully saturated rings. The molecule has 1 amide bonds. The molecule has 0 bridgehead atoms. The van der Waals surface area contributed by atoms with Crippen molar-refractivity contribution in [3.05, 3.63) is 0 Å². The van der Waals surface area contributed by atoms with Gasteiger partial charge in [0.15, 0.2) is 0 Å². The highest BCUT2D eigenvalue weighted by atomic mass is 16.5. The van der Waals surface area contributed by atoms with Gasteiger partial charge < -0.3 is 14.8 Å². The molecule has 2 atom stereocenters. The van der Waals surface area contributed by atoms with Gasteiger partial charge in [0.2, 0.25) is 5.91 Å². The van der Waals surface area contributed by atoms with Gasteiger partial charge in [0.05, 0.1) is 20.1 Å². The molecule has 1 saturated carbocycles. The lowest BCUT2D eigenvalue weighted by Crippen LogP contribution is -2.46. The summed E-state index contributed by atoms with van der Waals surface area (Å²) in [6.45, 7) is 1.66. The molecule has 1 rings (SSSR count). The van der Waals surface area contributed by atoms with Crippen LogP contribution in [0, 0.1) is 11.8 Å². The molecule has 1 aliphatic carbocycles. The lowest BCUT2D eigenvalue weighted by Gasteiger charge is -2.24. The summed E-state index contributed by atoms with van der Waals surface area (Å²) in [5.41, 5.74) is 0. The number of nitrogens with one attached hydrogen (secondary N) is 1. The first-order valence-corrected chi connectivity index (χ1v) is 7.45. The molecule has 0 saturated heterocycles. The molecule has 0 heterocycles. The Hall–Kier alpha value is -1.59. The number of hydrogen-bond donors (Lipinski definition) is 1. The van der Waals surface area contributed by atoms with E-state index in [1.807, 2.05) is 0 Å². The molecule has 6 nitrogen and oxygen atoms in total. The van der Waals surface area contributed by atoms with E-state index in [9.17, 15) is 14.4 Å². The van der Waals surface area contributed by atoms with Crippen molar-refractivity contribution in [1.82, 2.24) is 5.32 Å². The molecular formula is C15H25NO5. The number of amides is 1. The predicted molar refractivity (Wildman–Crippen MR) is 76.3 cm³/mol. The molecule has 0 aliphatic heterocycles. The van der Waals surface area contributed by atoms with E-state index in [-0.39, 0.29) is 18.2 Å². The second kappa shape index (κ2) is 8.64. The Morgan fingerprint density at radius 3 is 2.14 bits per heavy atom. The van der Waals surface area contributed by atoms with Crippen LogP contribution in [0.5, 0.6) is 0 Å². The molecule has 6 heteroatoms. The van der Waals surface area contributed by atoms with Crippen LogP contribution < -0.4 is 5.32 Å². The molecule has 0 radical (unpaired) electrons. The quantitative estimate of drug-likeness (QED) is 0.750. The third-order valence-electron chi connectivity index (χ3n) is 3.97. The number of carbonyl (C=O) groups is 3. The van der Waals surface area contributed by atoms with Gasteiger partial charge in [-0.05, 0) is 19.3 Å². The first kappa shape index (κ1) is 17.5. The standard InChI is InChI=1S/C15H25NO5/c1-10(14(18)20-2)9-12(15(19)21-3)16-13(17)11-7-5-4-6-8-11/h10-12H,4-9H2,1-3H3,(H,16,17)/t10-,12+/m0/s1. The average Bonchev–Trinajstić information content (AvgIpc) is 2.53. The monoisotopic (exact) mass is 299 g/mol. The minimum atomic E-state index is -0.807. The number of methoxy groups -OCH3 is 2. The average molecular weight is 299 g/mol. The van der Waals surface area contributed by atoms with Crippen LogP contribution in [-0.2, 0) is 23.9 Å². The van der Waals surface area contributed by atoms with Gasteiger partial charge in [-0.1, -0.05) is 26.2 Å². The van der Waals surface area contributed by atoms with E-state index in [2.05, 4.69) is 10.1 Å². The zero-order valence-corrected chi connectivity index (χ0v) is 13.0. The highest BCUT2D eigenvalue weighted by molar-refractivity contribution is 5.86. The maximum absolute atomic E-state index is 12.2. The van der Waals surface area contributed by atoms with Gasteiger partial charge in [0.25, 0.3) is 0 Å². The molecule has 0 aromatic rings. The lowest BCUT2D eigenvalue weighted by molar-refractivity contribution is -0.149. The highest BCUT2D eigenvalue weighted by Gasteiger charge is 2.30. The van der Waals surface area contributed by atoms with E-state index in [0.717, 1.165) is 32.1 Å². The van der Waals surface area contributed by atoms with Gasteiger partial charge in [-0.15, -0.1) is 0 Å². The number of hydrogen-bond acceptors (Lipinski definition) is 5. The molecule has 21 heavy (non-hydrogen) atoms. The molecule has 1 N–H and O–H groups in total. The maximum Gasteiger partial charge on any atom is 0.328 e. The van der Waals surface area contributed by atoms with Crippen LogP contribution in [0.1, 0.15) is 45.4 Å². The van der Waals surface area contributed by atoms with E-state index in [1.165, 1.54) is 14.2 Å². The van der Waals surface area contributed by atoms with Crippen LogP contribution >= 0.6 is 0 Å². The normalized spacial score (nSPS) is 18.4. The van der Waals surface area contributed by atoms with Crippen molar-refractivity contribution in [3.63, 3.8) is 0 Å². The van der Waals surface area contributed by atoms with E-state index >= 15 is 0 Å². The summed E-state index contributed by atoms with van der Waals surface area (Å²) in [4.78, 5) is 35.5. The van der Waals surface area contributed by atoms with Gasteiger partial charge in [-0.3, -0.25) is 9.59 Å². The van der Waals surface area contributed by atoms with Crippen molar-refractivity contribution in [2.45, 2.75) is 51.5 Å². The minimum absolute atomic E-state index is 0.0423. The predicted octanol–water partition coefficient (Wildman–Crippen LogP) is 1.42. The molecule has 0 aromatic carbocycles. The molecule has 0 aromatic heterocycles. The van der Waals surface area contributed by atoms with Crippen LogP contribution in [0.15, 0.2) is 0 Å². The number of rotatable bonds is 6. The van der Waals surface area contributed by atoms with Crippen molar-refractivity contribution in [2.24, 2.45) is 11.8 Å². The first-order chi connectivity index (χ1) is 9.99. The Morgan fingerprint density at radius 1 is 1.05 bits per heavy atom. The zero-order valence-electron chi connectivity index (χ0n) is 13.0. The summed E-state index contributed by atoms with van der Waals surface area (Å²) in [6, 6.07) is -0.807. The Morgan fingerprint density at radius 2 is 1.62 bits per heavy atom. The van der Waals surface area contributed by atoms with E-state index < -0.39 is 23.9 Å². The van der Waals surface area contributed by atoms with Gasteiger partial charge >= 0.3 is 11.9 Å². The smallest absolute Gasteiger partial charge is 0.328 e. The third kappa shape index (κ3) is 5.36. The van der Waals surface area contributed by atoms with Crippen molar-refractivity contribution < 1.29 is 23.9 Å². The van der Waals surface area contributed by atoms with Gasteiger partial charge in [0.1, 0.15) is 6.04 Å². The number of esters is 2. The van der Waals surface area contributed by atoms with Crippen molar-refractivity contribution in [3.8, 4) is 0 Å². The molecule has 0 unspecified atom stereocenters. The summed E-state index contributed by atoms with van der Waals surface area (Å²) < 4.78 is 9.35. The highest BCUT2D eigenvalue weighted by Crippen LogP contribution is 2.24. The van der Waals surface area contributed by atoms with Crippen LogP contribution in [0.25, 0.3) is 0 Å². The number of ether oxygens (including phenoxy) is 2. The van der Waals surface area contributed by atoms with E-state index in [4.69, 9.17) is 4.74 Å². The lowest BCUT2D eigenvalue weighted by atomic mass is 9.88. The Kier molecular flexibility index (Phi) is 7.19. The summed E-state index contributed by atoms with van der Waals surface area (Å²) in [7, 11) is 2.57. The van der Waals surface area contributed by atoms with Gasteiger partial charge in [-0.25, -0.2) is 4.79 Å². The van der Waals surface area contributed by atoms with Crippen molar-refractivity contribution in [1.29, 1.82) is 0 Å². The fraction of sp³-hybridized carbons (Fsp3) is 0.800. The van der Waals surface area contributed by atoms with Crippen LogP contribution in [0.4, 0.5) is 0 Å². The largest absolute Gasteiger partial charge is 0.469 e. The van der Waals surface area contributed by atoms with Crippen LogP contribution in [0.2, 0.25) is 0 Å². The van der Waals surface area contributed by atoms with Crippen molar-refractivity contribution in [2.75, 3.05) is 14.2 Å². The molecule has 1 aliphatic rings. The molecular weight excluding hydrogens is 274 g/mol. The SMILES string of the molecule is COC(=O)[C@@H](C)C[C@@H](NC(=O)C1CCCCC1)C(=O)OC. The van der Waals surface area contributed by atoms with Crippen molar-refractivity contribution >= 4 is 17.8 Å². The summed E-state index contributed by atoms with van der Waals surface area (Å²) in [5, 5.41) is 2.73. The second-order valence-corrected chi connectivity index (χ2v) is 5.58. The fourth-order valence-corrected chi connectivity index (χ4v) is 2.66. The Balaban J connectivity index is 2.62. The summed E-state index contributed by atoms with van der Waals surface area (Å²) in [5.74, 6) is -1.59. The Labute approximate surface area is 125 Å². The van der Waals surface area contributed by atoms with Crippen LogP contribution in [-0.4, -0.2) is 38.1 Å². The fourth-order valence-electron chi connectivity index (χ4n) is 2.66. The molecule has 120 valence electrons. The van der Waals surface area contributed by atoms with E-state index in [0.29, 0.717) is 0 Å². The first-order valence-electron chi connectivity index (χ1n) is 7.45. The van der Waals surface area contributed by atoms with E-state index in [1.54, 1.807) is 6.92 Å². The third-order valence-corrected chi connectivity index (χ3v) is 3.97. The van der Waals surface area contributed by atoms with Crippen LogP contribution in [0.3, 0.4) is 0 Å². The number of carbonyl (C=O) groups excluding carboxylic acids is 3. The summed E-state index contributed by atoms with van der Waals surface area (Å²) >= 11 is 0. The van der Waals surface area contributed by atoms with Gasteiger partial charge in [0, 0.05) is 5.92 Å². The zero-order chi connectivity index (χ0) is 15.8. The molecule has 0 spiro atoms. The van der Waals surface area contributed by atoms with Gasteiger partial charge in [-0.2, -0.15) is 0 Å². The second-order valence-electron chi connectivity index (χ2n) is 5.58. The topological polar surface area (TPSA) is 81.7 Å². The summed E-state index contributed by atoms with van der Waals surface area (Å²) in [6.07, 6.45) is 5.12. The Bertz CT molecular complexity index is 376. The minimum Gasteiger partial charge on any atom is -0.469 e. The maximum atomic E-state index is 12.2.